The molecule has 6 atom stereocenters. The third-order valence-corrected chi connectivity index (χ3v) is 8.04. The number of amides is 3. The molecule has 2 heterocycles. The van der Waals surface area contributed by atoms with E-state index in [2.05, 4.69) is 5.32 Å². The van der Waals surface area contributed by atoms with Crippen LogP contribution in [0.25, 0.3) is 0 Å². The number of carbonyl (C=O) groups excluding carboxylic acids is 3. The summed E-state index contributed by atoms with van der Waals surface area (Å²) >= 11 is 0. The Balaban J connectivity index is 0.000000254. The Morgan fingerprint density at radius 2 is 1.48 bits per heavy atom. The van der Waals surface area contributed by atoms with Gasteiger partial charge >= 0.3 is 6.09 Å². The number of nitro groups is 1. The average molecular weight is 660 g/mol. The zero-order valence-corrected chi connectivity index (χ0v) is 26.2. The molecule has 2 aromatic rings. The summed E-state index contributed by atoms with van der Waals surface area (Å²) < 4.78 is 91.1. The van der Waals surface area contributed by atoms with E-state index in [4.69, 9.17) is 4.74 Å². The number of halogens is 6. The smallest absolute Gasteiger partial charge is 0.418 e. The largest absolute Gasteiger partial charge is 0.443 e. The number of hydrogen-bond donors (Lipinski definition) is 1. The summed E-state index contributed by atoms with van der Waals surface area (Å²) in [5.74, 6) is -4.03. The van der Waals surface area contributed by atoms with Crippen molar-refractivity contribution in [2.75, 3.05) is 0 Å². The number of nitro benzene ring substituents is 1. The quantitative estimate of drug-likeness (QED) is 0.220. The molecule has 0 saturated carbocycles. The number of benzene rings is 2. The van der Waals surface area contributed by atoms with Crippen molar-refractivity contribution in [3.8, 4) is 0 Å². The van der Waals surface area contributed by atoms with E-state index < -0.39 is 93.4 Å². The molecule has 15 heteroatoms. The van der Waals surface area contributed by atoms with E-state index in [-0.39, 0.29) is 11.1 Å². The SMILES string of the molecule is CC(C)(C)OC(=O)N1C(=O)[C@](C)(F)C[C@H](F)[C@@]1(C)c1ccccc1F.C[C@@]1(F)C[C@H](F)[C@@](C)(c2cc([N+](=O)[O-])ccc2F)NC1=O. The second kappa shape index (κ2) is 12.2. The molecule has 2 fully saturated rings. The van der Waals surface area contributed by atoms with Crippen molar-refractivity contribution in [2.45, 2.75) is 102 Å². The fourth-order valence-corrected chi connectivity index (χ4v) is 5.29. The van der Waals surface area contributed by atoms with Crippen LogP contribution in [0, 0.1) is 21.7 Å². The average Bonchev–Trinajstić information content (AvgIpc) is 2.90. The summed E-state index contributed by atoms with van der Waals surface area (Å²) in [6.45, 7) is 8.88. The molecule has 252 valence electrons. The fourth-order valence-electron chi connectivity index (χ4n) is 5.29. The van der Waals surface area contributed by atoms with Gasteiger partial charge in [-0.3, -0.25) is 19.7 Å². The Bertz CT molecular complexity index is 1550. The normalized spacial score (nSPS) is 31.4. The van der Waals surface area contributed by atoms with E-state index in [0.717, 1.165) is 38.1 Å². The van der Waals surface area contributed by atoms with Crippen molar-refractivity contribution in [3.05, 3.63) is 75.3 Å². The molecule has 0 spiro atoms. The van der Waals surface area contributed by atoms with E-state index in [1.165, 1.54) is 32.0 Å². The van der Waals surface area contributed by atoms with Gasteiger partial charge in [-0.15, -0.1) is 0 Å². The molecule has 2 aromatic carbocycles. The Morgan fingerprint density at radius 1 is 0.935 bits per heavy atom. The first-order valence-corrected chi connectivity index (χ1v) is 14.1. The van der Waals surface area contributed by atoms with Gasteiger partial charge in [-0.25, -0.2) is 36.0 Å². The van der Waals surface area contributed by atoms with Crippen molar-refractivity contribution < 1.29 is 50.4 Å². The van der Waals surface area contributed by atoms with Gasteiger partial charge in [-0.1, -0.05) is 18.2 Å². The van der Waals surface area contributed by atoms with Crippen LogP contribution in [-0.2, 0) is 25.4 Å². The zero-order chi connectivity index (χ0) is 35.2. The van der Waals surface area contributed by atoms with Crippen LogP contribution in [0.4, 0.5) is 36.8 Å². The van der Waals surface area contributed by atoms with Crippen molar-refractivity contribution in [3.63, 3.8) is 0 Å². The van der Waals surface area contributed by atoms with E-state index >= 15 is 4.39 Å². The van der Waals surface area contributed by atoms with Crippen LogP contribution in [0.5, 0.6) is 0 Å². The first-order chi connectivity index (χ1) is 20.9. The third-order valence-electron chi connectivity index (χ3n) is 8.04. The van der Waals surface area contributed by atoms with Crippen LogP contribution in [0.2, 0.25) is 0 Å². The van der Waals surface area contributed by atoms with Crippen LogP contribution < -0.4 is 5.32 Å². The van der Waals surface area contributed by atoms with Gasteiger partial charge in [-0.05, 0) is 60.6 Å². The Hall–Kier alpha value is -4.17. The minimum atomic E-state index is -2.60. The number of ether oxygens (including phenoxy) is 1. The van der Waals surface area contributed by atoms with Crippen LogP contribution >= 0.6 is 0 Å². The van der Waals surface area contributed by atoms with E-state index in [1.54, 1.807) is 20.8 Å². The van der Waals surface area contributed by atoms with Gasteiger partial charge in [0.25, 0.3) is 17.5 Å². The number of hydrogen-bond acceptors (Lipinski definition) is 6. The Labute approximate surface area is 261 Å². The van der Waals surface area contributed by atoms with Gasteiger partial charge < -0.3 is 10.1 Å². The summed E-state index contributed by atoms with van der Waals surface area (Å²) in [6, 6.07) is 7.82. The van der Waals surface area contributed by atoms with Gasteiger partial charge in [-0.2, -0.15) is 0 Å². The fraction of sp³-hybridized carbons (Fsp3) is 0.516. The maximum absolute atomic E-state index is 15.0. The van der Waals surface area contributed by atoms with Crippen LogP contribution in [0.3, 0.4) is 0 Å². The second-order valence-corrected chi connectivity index (χ2v) is 13.1. The van der Waals surface area contributed by atoms with Gasteiger partial charge in [0.15, 0.2) is 11.3 Å². The van der Waals surface area contributed by atoms with Crippen LogP contribution in [0.15, 0.2) is 42.5 Å². The minimum absolute atomic E-state index is 0.211. The van der Waals surface area contributed by atoms with E-state index in [1.807, 2.05) is 0 Å². The van der Waals surface area contributed by atoms with Gasteiger partial charge in [0.2, 0.25) is 0 Å². The molecular formula is C31H35F6N3O6. The highest BCUT2D eigenvalue weighted by molar-refractivity contribution is 5.99. The summed E-state index contributed by atoms with van der Waals surface area (Å²) in [4.78, 5) is 47.2. The van der Waals surface area contributed by atoms with Crippen molar-refractivity contribution in [1.82, 2.24) is 10.2 Å². The Kier molecular flexibility index (Phi) is 9.64. The topological polar surface area (TPSA) is 119 Å². The Morgan fingerprint density at radius 3 is 2.02 bits per heavy atom. The highest BCUT2D eigenvalue weighted by Crippen LogP contribution is 2.46. The number of alkyl halides is 4. The van der Waals surface area contributed by atoms with E-state index in [0.29, 0.717) is 4.90 Å². The number of likely N-dealkylation sites (tertiary alicyclic amines) is 1. The zero-order valence-electron chi connectivity index (χ0n) is 26.2. The molecular weight excluding hydrogens is 624 g/mol. The molecule has 0 radical (unpaired) electrons. The number of imide groups is 1. The van der Waals surface area contributed by atoms with Gasteiger partial charge in [0, 0.05) is 36.1 Å². The molecule has 1 N–H and O–H groups in total. The summed E-state index contributed by atoms with van der Waals surface area (Å²) in [6.07, 6.45) is -6.69. The standard InChI is InChI=1S/C18H22F3NO3.C13H13F3N2O3/c1-16(2,3)25-15(24)22-14(23)17(4,21)10-13(20)18(22,5)11-8-6-7-9-12(11)19;1-12(16)6-10(15)13(2,17-11(12)19)8-5-7(18(20)21)3-4-9(8)14/h6-9,13H,10H2,1-5H3;3-5,10H,6H2,1-2H3,(H,17,19)/t13-,17+,18+;10-,12+,13+/m00/s1. The maximum Gasteiger partial charge on any atom is 0.418 e. The lowest BCUT2D eigenvalue weighted by atomic mass is 9.76. The summed E-state index contributed by atoms with van der Waals surface area (Å²) in [5, 5.41) is 12.8. The predicted molar refractivity (Wildman–Crippen MR) is 153 cm³/mol. The first kappa shape index (κ1) is 36.3. The van der Waals surface area contributed by atoms with Crippen LogP contribution in [0.1, 0.15) is 72.4 Å². The molecule has 3 amide bonds. The highest BCUT2D eigenvalue weighted by Gasteiger charge is 2.61. The predicted octanol–water partition coefficient (Wildman–Crippen LogP) is 6.81. The molecule has 2 aliphatic rings. The molecule has 4 rings (SSSR count). The molecule has 0 aromatic heterocycles. The van der Waals surface area contributed by atoms with Gasteiger partial charge in [0.05, 0.1) is 10.5 Å². The molecule has 0 aliphatic carbocycles. The number of non-ortho nitro benzene ring substituents is 1. The molecule has 0 bridgehead atoms. The summed E-state index contributed by atoms with van der Waals surface area (Å²) in [7, 11) is 0. The monoisotopic (exact) mass is 659 g/mol. The highest BCUT2D eigenvalue weighted by atomic mass is 19.2. The third kappa shape index (κ3) is 6.82. The lowest BCUT2D eigenvalue weighted by Gasteiger charge is -2.48. The lowest BCUT2D eigenvalue weighted by molar-refractivity contribution is -0.385. The molecule has 9 nitrogen and oxygen atoms in total. The van der Waals surface area contributed by atoms with Crippen LogP contribution in [-0.4, -0.2) is 57.0 Å². The molecule has 0 unspecified atom stereocenters. The number of nitrogens with zero attached hydrogens (tertiary/aromatic N) is 2. The molecule has 46 heavy (non-hydrogen) atoms. The number of nitrogens with one attached hydrogen (secondary N) is 1. The molecule has 2 aliphatic heterocycles. The number of rotatable bonds is 3. The lowest BCUT2D eigenvalue weighted by Crippen LogP contribution is -2.66. The maximum atomic E-state index is 15.0. The first-order valence-electron chi connectivity index (χ1n) is 14.1. The van der Waals surface area contributed by atoms with Crippen molar-refractivity contribution in [1.29, 1.82) is 0 Å². The van der Waals surface area contributed by atoms with Crippen molar-refractivity contribution >= 4 is 23.6 Å². The number of piperidine rings is 2. The minimum Gasteiger partial charge on any atom is -0.443 e. The summed E-state index contributed by atoms with van der Waals surface area (Å²) in [5.41, 5.74) is -10.9. The van der Waals surface area contributed by atoms with E-state index in [9.17, 15) is 46.5 Å². The van der Waals surface area contributed by atoms with Gasteiger partial charge in [0.1, 0.15) is 35.1 Å². The van der Waals surface area contributed by atoms with Crippen molar-refractivity contribution in [2.24, 2.45) is 0 Å². The molecule has 2 saturated heterocycles. The number of carbonyl (C=O) groups is 3. The second-order valence-electron chi connectivity index (χ2n) is 13.1.